The lowest BCUT2D eigenvalue weighted by Gasteiger charge is -2.16. The number of nitrogen functional groups attached to an aromatic ring is 1. The van der Waals surface area contributed by atoms with Crippen LogP contribution in [0, 0.1) is 0 Å². The molecule has 82 valence electrons. The monoisotopic (exact) mass is 210 g/mol. The van der Waals surface area contributed by atoms with Crippen molar-refractivity contribution in [2.45, 2.75) is 12.5 Å². The van der Waals surface area contributed by atoms with Gasteiger partial charge in [-0.2, -0.15) is 9.97 Å². The number of ether oxygens (including phenoxy) is 1. The number of anilines is 2. The van der Waals surface area contributed by atoms with E-state index in [0.29, 0.717) is 18.2 Å². The molecular weight excluding hydrogens is 196 g/mol. The second-order valence-electron chi connectivity index (χ2n) is 3.52. The molecule has 1 aliphatic rings. The zero-order valence-corrected chi connectivity index (χ0v) is 8.55. The second kappa shape index (κ2) is 3.90. The maximum Gasteiger partial charge on any atom is 0.225 e. The van der Waals surface area contributed by atoms with Crippen LogP contribution >= 0.6 is 0 Å². The standard InChI is InChI=1S/C9H14N4O2/c1-15-8-4-7(11-9(10)12-8)13-3-2-6(14)5-13/h4,6,14H,2-3,5H2,1H3,(H2,10,11,12). The summed E-state index contributed by atoms with van der Waals surface area (Å²) >= 11 is 0. The minimum atomic E-state index is -0.285. The van der Waals surface area contributed by atoms with E-state index in [9.17, 15) is 5.11 Å². The Bertz CT molecular complexity index is 358. The number of aliphatic hydroxyl groups is 1. The van der Waals surface area contributed by atoms with Gasteiger partial charge in [0.1, 0.15) is 5.82 Å². The molecule has 0 radical (unpaired) electrons. The number of aromatic nitrogens is 2. The van der Waals surface area contributed by atoms with Crippen molar-refractivity contribution in [1.29, 1.82) is 0 Å². The quantitative estimate of drug-likeness (QED) is 0.693. The molecular formula is C9H14N4O2. The third kappa shape index (κ3) is 2.10. The van der Waals surface area contributed by atoms with Crippen LogP contribution in [0.25, 0.3) is 0 Å². The number of nitrogens with zero attached hydrogens (tertiary/aromatic N) is 3. The molecule has 6 heteroatoms. The lowest BCUT2D eigenvalue weighted by Crippen LogP contribution is -2.22. The second-order valence-corrected chi connectivity index (χ2v) is 3.52. The maximum atomic E-state index is 9.41. The summed E-state index contributed by atoms with van der Waals surface area (Å²) in [7, 11) is 1.53. The van der Waals surface area contributed by atoms with E-state index in [1.807, 2.05) is 4.90 Å². The van der Waals surface area contributed by atoms with Gasteiger partial charge in [0.2, 0.25) is 11.8 Å². The molecule has 1 aromatic rings. The van der Waals surface area contributed by atoms with Crippen molar-refractivity contribution in [3.05, 3.63) is 6.07 Å². The zero-order valence-electron chi connectivity index (χ0n) is 8.55. The molecule has 1 fully saturated rings. The number of methoxy groups -OCH3 is 1. The Kier molecular flexibility index (Phi) is 2.59. The molecule has 3 N–H and O–H groups in total. The van der Waals surface area contributed by atoms with E-state index in [1.54, 1.807) is 6.07 Å². The predicted octanol–water partition coefficient (Wildman–Crippen LogP) is -0.362. The highest BCUT2D eigenvalue weighted by atomic mass is 16.5. The fourth-order valence-electron chi connectivity index (χ4n) is 1.65. The normalized spacial score (nSPS) is 20.7. The van der Waals surface area contributed by atoms with E-state index >= 15 is 0 Å². The van der Waals surface area contributed by atoms with E-state index < -0.39 is 0 Å². The highest BCUT2D eigenvalue weighted by molar-refractivity contribution is 5.46. The van der Waals surface area contributed by atoms with Gasteiger partial charge < -0.3 is 20.5 Å². The molecule has 0 spiro atoms. The van der Waals surface area contributed by atoms with Gasteiger partial charge >= 0.3 is 0 Å². The van der Waals surface area contributed by atoms with Gasteiger partial charge in [-0.1, -0.05) is 0 Å². The van der Waals surface area contributed by atoms with Crippen LogP contribution in [0.1, 0.15) is 6.42 Å². The average Bonchev–Trinajstić information content (AvgIpc) is 2.64. The van der Waals surface area contributed by atoms with Crippen molar-refractivity contribution in [3.8, 4) is 5.88 Å². The highest BCUT2D eigenvalue weighted by Crippen LogP contribution is 2.22. The first-order valence-corrected chi connectivity index (χ1v) is 4.80. The Balaban J connectivity index is 2.24. The summed E-state index contributed by atoms with van der Waals surface area (Å²) in [5.41, 5.74) is 5.55. The van der Waals surface area contributed by atoms with Gasteiger partial charge in [-0.3, -0.25) is 0 Å². The van der Waals surface area contributed by atoms with Crippen LogP contribution < -0.4 is 15.4 Å². The average molecular weight is 210 g/mol. The molecule has 1 saturated heterocycles. The molecule has 6 nitrogen and oxygen atoms in total. The van der Waals surface area contributed by atoms with Crippen molar-refractivity contribution in [2.24, 2.45) is 0 Å². The molecule has 1 aromatic heterocycles. The van der Waals surface area contributed by atoms with Crippen molar-refractivity contribution in [1.82, 2.24) is 9.97 Å². The topological polar surface area (TPSA) is 84.5 Å². The van der Waals surface area contributed by atoms with Gasteiger partial charge in [0.15, 0.2) is 0 Å². The van der Waals surface area contributed by atoms with E-state index in [-0.39, 0.29) is 12.1 Å². The summed E-state index contributed by atoms with van der Waals surface area (Å²) < 4.78 is 5.00. The number of hydrogen-bond donors (Lipinski definition) is 2. The van der Waals surface area contributed by atoms with Gasteiger partial charge in [-0.05, 0) is 6.42 Å². The molecule has 0 amide bonds. The summed E-state index contributed by atoms with van der Waals surface area (Å²) in [5.74, 6) is 1.33. The molecule has 0 aromatic carbocycles. The minimum Gasteiger partial charge on any atom is -0.481 e. The Labute approximate surface area is 87.7 Å². The van der Waals surface area contributed by atoms with E-state index in [0.717, 1.165) is 13.0 Å². The lowest BCUT2D eigenvalue weighted by molar-refractivity contribution is 0.198. The summed E-state index contributed by atoms with van der Waals surface area (Å²) in [4.78, 5) is 9.96. The molecule has 1 atom stereocenters. The van der Waals surface area contributed by atoms with Gasteiger partial charge in [0.25, 0.3) is 0 Å². The van der Waals surface area contributed by atoms with Crippen molar-refractivity contribution < 1.29 is 9.84 Å². The van der Waals surface area contributed by atoms with E-state index in [4.69, 9.17) is 10.5 Å². The Hall–Kier alpha value is -1.56. The first-order valence-electron chi connectivity index (χ1n) is 4.80. The number of aliphatic hydroxyl groups excluding tert-OH is 1. The Morgan fingerprint density at radius 1 is 1.60 bits per heavy atom. The largest absolute Gasteiger partial charge is 0.481 e. The summed E-state index contributed by atoms with van der Waals surface area (Å²) in [6.07, 6.45) is 0.471. The molecule has 0 aliphatic carbocycles. The van der Waals surface area contributed by atoms with Gasteiger partial charge in [-0.25, -0.2) is 0 Å². The fourth-order valence-corrected chi connectivity index (χ4v) is 1.65. The Morgan fingerprint density at radius 3 is 3.00 bits per heavy atom. The van der Waals surface area contributed by atoms with Crippen molar-refractivity contribution in [2.75, 3.05) is 30.8 Å². The van der Waals surface area contributed by atoms with Gasteiger partial charge in [0.05, 0.1) is 13.2 Å². The summed E-state index contributed by atoms with van der Waals surface area (Å²) in [6, 6.07) is 1.72. The maximum absolute atomic E-state index is 9.41. The van der Waals surface area contributed by atoms with E-state index in [1.165, 1.54) is 7.11 Å². The van der Waals surface area contributed by atoms with E-state index in [2.05, 4.69) is 9.97 Å². The molecule has 1 aliphatic heterocycles. The molecule has 15 heavy (non-hydrogen) atoms. The summed E-state index contributed by atoms with van der Waals surface area (Å²) in [6.45, 7) is 1.36. The third-order valence-corrected chi connectivity index (χ3v) is 2.40. The van der Waals surface area contributed by atoms with Crippen LogP contribution in [0.2, 0.25) is 0 Å². The zero-order chi connectivity index (χ0) is 10.8. The summed E-state index contributed by atoms with van der Waals surface area (Å²) in [5, 5.41) is 9.41. The molecule has 0 bridgehead atoms. The first-order chi connectivity index (χ1) is 7.19. The smallest absolute Gasteiger partial charge is 0.225 e. The Morgan fingerprint density at radius 2 is 2.40 bits per heavy atom. The lowest BCUT2D eigenvalue weighted by atomic mass is 10.3. The van der Waals surface area contributed by atoms with Crippen molar-refractivity contribution >= 4 is 11.8 Å². The van der Waals surface area contributed by atoms with Crippen LogP contribution in [0.4, 0.5) is 11.8 Å². The number of nitrogens with two attached hydrogens (primary N) is 1. The molecule has 0 saturated carbocycles. The number of hydrogen-bond acceptors (Lipinski definition) is 6. The van der Waals surface area contributed by atoms with Gasteiger partial charge in [0, 0.05) is 19.2 Å². The molecule has 2 heterocycles. The highest BCUT2D eigenvalue weighted by Gasteiger charge is 2.22. The third-order valence-electron chi connectivity index (χ3n) is 2.40. The number of rotatable bonds is 2. The van der Waals surface area contributed by atoms with Crippen LogP contribution in [0.5, 0.6) is 5.88 Å². The molecule has 1 unspecified atom stereocenters. The molecule has 2 rings (SSSR count). The first kappa shape index (κ1) is 9.97. The van der Waals surface area contributed by atoms with Crippen molar-refractivity contribution in [3.63, 3.8) is 0 Å². The van der Waals surface area contributed by atoms with Crippen LogP contribution in [0.15, 0.2) is 6.07 Å². The predicted molar refractivity (Wildman–Crippen MR) is 55.8 cm³/mol. The fraction of sp³-hybridized carbons (Fsp3) is 0.556. The number of β-amino-alcohol motifs (C(OH)–C–C–N with tert-alkyl or cyclic N) is 1. The van der Waals surface area contributed by atoms with Gasteiger partial charge in [-0.15, -0.1) is 0 Å². The minimum absolute atomic E-state index is 0.186. The SMILES string of the molecule is COc1cc(N2CCC(O)C2)nc(N)n1. The van der Waals surface area contributed by atoms with Crippen LogP contribution in [0.3, 0.4) is 0 Å². The van der Waals surface area contributed by atoms with Crippen LogP contribution in [-0.2, 0) is 0 Å². The van der Waals surface area contributed by atoms with Crippen LogP contribution in [-0.4, -0.2) is 41.4 Å².